The van der Waals surface area contributed by atoms with Crippen LogP contribution in [0.15, 0.2) is 66.1 Å². The molecule has 0 fully saturated rings. The van der Waals surface area contributed by atoms with E-state index in [2.05, 4.69) is 11.9 Å². The molecule has 2 aromatic rings. The molecule has 2 aromatic carbocycles. The predicted molar refractivity (Wildman–Crippen MR) is 108 cm³/mol. The third-order valence-corrected chi connectivity index (χ3v) is 5.06. The molecule has 7 nitrogen and oxygen atoms in total. The third kappa shape index (κ3) is 6.46. The monoisotopic (exact) mass is 417 g/mol. The van der Waals surface area contributed by atoms with Crippen molar-refractivity contribution in [2.45, 2.75) is 24.7 Å². The van der Waals surface area contributed by atoms with Crippen LogP contribution in [0.1, 0.15) is 40.5 Å². The number of amides is 1. The maximum Gasteiger partial charge on any atom is 0.339 e. The van der Waals surface area contributed by atoms with E-state index in [-0.39, 0.29) is 22.8 Å². The van der Waals surface area contributed by atoms with Gasteiger partial charge in [-0.25, -0.2) is 4.79 Å². The topological polar surface area (TPSA) is 98.8 Å². The Morgan fingerprint density at radius 1 is 1.10 bits per heavy atom. The first-order valence-corrected chi connectivity index (χ1v) is 10.5. The van der Waals surface area contributed by atoms with Crippen LogP contribution in [0.5, 0.6) is 5.75 Å². The Hall–Kier alpha value is -3.13. The van der Waals surface area contributed by atoms with Crippen molar-refractivity contribution in [1.82, 2.24) is 5.32 Å². The van der Waals surface area contributed by atoms with Gasteiger partial charge in [0.25, 0.3) is 5.91 Å². The quantitative estimate of drug-likeness (QED) is 0.276. The van der Waals surface area contributed by atoms with E-state index in [0.717, 1.165) is 12.8 Å². The lowest BCUT2D eigenvalue weighted by Gasteiger charge is -2.09. The fraction of sp³-hybridized carbons (Fsp3) is 0.238. The Kier molecular flexibility index (Phi) is 7.97. The van der Waals surface area contributed by atoms with E-state index in [0.29, 0.717) is 12.2 Å². The Balaban J connectivity index is 2.10. The lowest BCUT2D eigenvalue weighted by Crippen LogP contribution is -2.23. The zero-order valence-corrected chi connectivity index (χ0v) is 16.9. The van der Waals surface area contributed by atoms with Gasteiger partial charge in [-0.2, -0.15) is 8.42 Å². The minimum Gasteiger partial charge on any atom is -0.462 e. The Morgan fingerprint density at radius 3 is 2.48 bits per heavy atom. The summed E-state index contributed by atoms with van der Waals surface area (Å²) >= 11 is 0. The lowest BCUT2D eigenvalue weighted by molar-refractivity contribution is 0.0499. The largest absolute Gasteiger partial charge is 0.462 e. The number of esters is 1. The summed E-state index contributed by atoms with van der Waals surface area (Å²) in [5, 5.41) is 2.58. The number of hydrogen-bond acceptors (Lipinski definition) is 6. The highest BCUT2D eigenvalue weighted by molar-refractivity contribution is 7.87. The van der Waals surface area contributed by atoms with Gasteiger partial charge in [0, 0.05) is 12.1 Å². The van der Waals surface area contributed by atoms with Crippen LogP contribution in [0.4, 0.5) is 0 Å². The molecule has 0 aliphatic carbocycles. The number of hydrogen-bond donors (Lipinski definition) is 1. The van der Waals surface area contributed by atoms with Crippen LogP contribution < -0.4 is 9.50 Å². The van der Waals surface area contributed by atoms with Gasteiger partial charge >= 0.3 is 16.1 Å². The van der Waals surface area contributed by atoms with Crippen LogP contribution in [0.3, 0.4) is 0 Å². The van der Waals surface area contributed by atoms with Crippen LogP contribution in [-0.2, 0) is 14.9 Å². The van der Waals surface area contributed by atoms with Gasteiger partial charge in [0.15, 0.2) is 0 Å². The first kappa shape index (κ1) is 22.2. The van der Waals surface area contributed by atoms with Gasteiger partial charge in [0.05, 0.1) is 12.2 Å². The normalized spacial score (nSPS) is 10.8. The van der Waals surface area contributed by atoms with Gasteiger partial charge in [-0.15, -0.1) is 6.58 Å². The molecule has 0 saturated heterocycles. The van der Waals surface area contributed by atoms with E-state index in [1.54, 1.807) is 0 Å². The van der Waals surface area contributed by atoms with Crippen LogP contribution in [0.25, 0.3) is 0 Å². The molecule has 0 saturated carbocycles. The minimum absolute atomic E-state index is 0.0385. The summed E-state index contributed by atoms with van der Waals surface area (Å²) in [6.45, 7) is 6.09. The summed E-state index contributed by atoms with van der Waals surface area (Å²) < 4.78 is 35.3. The highest BCUT2D eigenvalue weighted by Gasteiger charge is 2.19. The van der Waals surface area contributed by atoms with Crippen LogP contribution in [-0.4, -0.2) is 33.4 Å². The van der Waals surface area contributed by atoms with Gasteiger partial charge in [0.2, 0.25) is 0 Å². The summed E-state index contributed by atoms with van der Waals surface area (Å²) in [6.07, 6.45) is 3.20. The number of ether oxygens (including phenoxy) is 1. The molecule has 154 valence electrons. The van der Waals surface area contributed by atoms with Crippen molar-refractivity contribution < 1.29 is 26.9 Å². The molecule has 1 N–H and O–H groups in total. The van der Waals surface area contributed by atoms with Crippen LogP contribution in [0, 0.1) is 0 Å². The highest BCUT2D eigenvalue weighted by atomic mass is 32.2. The van der Waals surface area contributed by atoms with Gasteiger partial charge in [-0.05, 0) is 48.9 Å². The second-order valence-electron chi connectivity index (χ2n) is 6.08. The first-order valence-electron chi connectivity index (χ1n) is 9.08. The average molecular weight is 417 g/mol. The number of benzene rings is 2. The van der Waals surface area contributed by atoms with Crippen molar-refractivity contribution in [3.05, 3.63) is 72.3 Å². The highest BCUT2D eigenvalue weighted by Crippen LogP contribution is 2.20. The van der Waals surface area contributed by atoms with Crippen molar-refractivity contribution in [1.29, 1.82) is 0 Å². The summed E-state index contributed by atoms with van der Waals surface area (Å²) in [5.41, 5.74) is 0.480. The second kappa shape index (κ2) is 10.4. The number of unbranched alkanes of at least 4 members (excludes halogenated alkanes) is 1. The van der Waals surface area contributed by atoms with Gasteiger partial charge in [-0.1, -0.05) is 25.5 Å². The molecule has 0 spiro atoms. The van der Waals surface area contributed by atoms with Gasteiger partial charge in [-0.3, -0.25) is 4.79 Å². The molecule has 0 unspecified atom stereocenters. The van der Waals surface area contributed by atoms with Crippen molar-refractivity contribution >= 4 is 22.0 Å². The first-order chi connectivity index (χ1) is 13.9. The van der Waals surface area contributed by atoms with Gasteiger partial charge in [0.1, 0.15) is 10.6 Å². The van der Waals surface area contributed by atoms with E-state index < -0.39 is 22.0 Å². The molecule has 1 amide bonds. The van der Waals surface area contributed by atoms with Crippen molar-refractivity contribution in [2.24, 2.45) is 0 Å². The summed E-state index contributed by atoms with van der Waals surface area (Å²) in [6, 6.07) is 11.1. The Bertz CT molecular complexity index is 967. The van der Waals surface area contributed by atoms with Gasteiger partial charge < -0.3 is 14.2 Å². The van der Waals surface area contributed by atoms with E-state index >= 15 is 0 Å². The number of carbonyl (C=O) groups is 2. The zero-order chi connectivity index (χ0) is 21.3. The molecule has 29 heavy (non-hydrogen) atoms. The molecule has 8 heteroatoms. The smallest absolute Gasteiger partial charge is 0.339 e. The molecule has 0 heterocycles. The zero-order valence-electron chi connectivity index (χ0n) is 16.1. The average Bonchev–Trinajstić information content (AvgIpc) is 2.72. The molecular weight excluding hydrogens is 394 g/mol. The number of nitrogens with one attached hydrogen (secondary N) is 1. The molecule has 2 rings (SSSR count). The Labute approximate surface area is 170 Å². The van der Waals surface area contributed by atoms with E-state index in [9.17, 15) is 18.0 Å². The summed E-state index contributed by atoms with van der Waals surface area (Å²) in [4.78, 5) is 23.7. The second-order valence-corrected chi connectivity index (χ2v) is 7.62. The molecule has 0 aliphatic heterocycles. The number of carbonyl (C=O) groups excluding carboxylic acids is 2. The Morgan fingerprint density at radius 2 is 1.83 bits per heavy atom. The van der Waals surface area contributed by atoms with Crippen LogP contribution in [0.2, 0.25) is 0 Å². The standard InChI is InChI=1S/C21H23NO6S/c1-3-5-14-27-21(24)16-9-11-18(12-10-16)28-29(25,26)19-8-6-7-17(15-19)20(23)22-13-4-2/h4,6-12,15H,2-3,5,13-14H2,1H3,(H,22,23). The van der Waals surface area contributed by atoms with Crippen molar-refractivity contribution in [3.8, 4) is 5.75 Å². The molecular formula is C21H23NO6S. The molecule has 0 atom stereocenters. The molecule has 0 aromatic heterocycles. The summed E-state index contributed by atoms with van der Waals surface area (Å²) in [7, 11) is -4.16. The fourth-order valence-electron chi connectivity index (χ4n) is 2.27. The van der Waals surface area contributed by atoms with Crippen LogP contribution >= 0.6 is 0 Å². The molecule has 0 radical (unpaired) electrons. The van der Waals surface area contributed by atoms with E-state index in [1.807, 2.05) is 6.92 Å². The summed E-state index contributed by atoms with van der Waals surface area (Å²) in [5.74, 6) is -0.865. The molecule has 0 aliphatic rings. The fourth-order valence-corrected chi connectivity index (χ4v) is 3.25. The van der Waals surface area contributed by atoms with Crippen molar-refractivity contribution in [2.75, 3.05) is 13.2 Å². The molecule has 0 bridgehead atoms. The lowest BCUT2D eigenvalue weighted by atomic mass is 10.2. The SMILES string of the molecule is C=CCNC(=O)c1cccc(S(=O)(=O)Oc2ccc(C(=O)OCCCC)cc2)c1. The third-order valence-electron chi connectivity index (χ3n) is 3.82. The van der Waals surface area contributed by atoms with E-state index in [4.69, 9.17) is 8.92 Å². The van der Waals surface area contributed by atoms with E-state index in [1.165, 1.54) is 54.6 Å². The van der Waals surface area contributed by atoms with Crippen molar-refractivity contribution in [3.63, 3.8) is 0 Å². The maximum atomic E-state index is 12.5. The maximum absolute atomic E-state index is 12.5. The minimum atomic E-state index is -4.16. The number of rotatable bonds is 10. The predicted octanol–water partition coefficient (Wildman–Crippen LogP) is 3.33.